The maximum absolute atomic E-state index is 12.0. The third-order valence-corrected chi connectivity index (χ3v) is 4.10. The second kappa shape index (κ2) is 8.01. The Morgan fingerprint density at radius 2 is 2.32 bits per heavy atom. The van der Waals surface area contributed by atoms with Gasteiger partial charge in [0.25, 0.3) is 5.91 Å². The molecule has 0 aliphatic heterocycles. The Bertz CT molecular complexity index is 468. The summed E-state index contributed by atoms with van der Waals surface area (Å²) >= 11 is 3.05. The zero-order valence-electron chi connectivity index (χ0n) is 10.9. The van der Waals surface area contributed by atoms with Crippen molar-refractivity contribution in [3.63, 3.8) is 0 Å². The number of thioether (sulfide) groups is 1. The van der Waals surface area contributed by atoms with Crippen molar-refractivity contribution in [2.24, 2.45) is 0 Å². The van der Waals surface area contributed by atoms with Crippen LogP contribution in [-0.2, 0) is 4.79 Å². The average Bonchev–Trinajstić information content (AvgIpc) is 2.84. The molecule has 0 aromatic carbocycles. The van der Waals surface area contributed by atoms with Crippen molar-refractivity contribution in [1.82, 2.24) is 5.32 Å². The van der Waals surface area contributed by atoms with E-state index in [4.69, 9.17) is 5.11 Å². The van der Waals surface area contributed by atoms with Crippen LogP contribution >= 0.6 is 23.1 Å². The van der Waals surface area contributed by atoms with E-state index >= 15 is 0 Å². The van der Waals surface area contributed by atoms with E-state index < -0.39 is 5.97 Å². The molecule has 0 aliphatic rings. The van der Waals surface area contributed by atoms with Crippen molar-refractivity contribution in [3.05, 3.63) is 28.0 Å². The third-order valence-electron chi connectivity index (χ3n) is 2.47. The highest BCUT2D eigenvalue weighted by Gasteiger charge is 2.12. The Kier molecular flexibility index (Phi) is 6.66. The van der Waals surface area contributed by atoms with Crippen LogP contribution in [0.5, 0.6) is 0 Å². The monoisotopic (exact) mass is 299 g/mol. The number of carboxylic acid groups (broad SMARTS) is 1. The van der Waals surface area contributed by atoms with Gasteiger partial charge in [0.2, 0.25) is 0 Å². The molecule has 19 heavy (non-hydrogen) atoms. The quantitative estimate of drug-likeness (QED) is 0.760. The van der Waals surface area contributed by atoms with E-state index in [0.29, 0.717) is 5.56 Å². The lowest BCUT2D eigenvalue weighted by Gasteiger charge is -2.14. The van der Waals surface area contributed by atoms with Gasteiger partial charge in [0.05, 0.1) is 5.56 Å². The van der Waals surface area contributed by atoms with Crippen LogP contribution in [0, 0.1) is 0 Å². The molecule has 104 valence electrons. The molecule has 1 amide bonds. The smallest absolute Gasteiger partial charge is 0.328 e. The summed E-state index contributed by atoms with van der Waals surface area (Å²) in [7, 11) is 0. The van der Waals surface area contributed by atoms with Gasteiger partial charge in [-0.25, -0.2) is 4.79 Å². The highest BCUT2D eigenvalue weighted by molar-refractivity contribution is 7.98. The second-order valence-electron chi connectivity index (χ2n) is 3.94. The third kappa shape index (κ3) is 5.48. The lowest BCUT2D eigenvalue weighted by atomic mass is 10.2. The summed E-state index contributed by atoms with van der Waals surface area (Å²) in [6, 6.07) is 1.87. The van der Waals surface area contributed by atoms with Gasteiger partial charge in [0.1, 0.15) is 0 Å². The number of nitrogens with one attached hydrogen (secondary N) is 1. The van der Waals surface area contributed by atoms with Crippen LogP contribution in [0.3, 0.4) is 0 Å². The number of carboxylic acids is 1. The van der Waals surface area contributed by atoms with Crippen molar-refractivity contribution in [1.29, 1.82) is 0 Å². The van der Waals surface area contributed by atoms with E-state index in [0.717, 1.165) is 23.1 Å². The Hall–Kier alpha value is -1.27. The topological polar surface area (TPSA) is 66.4 Å². The van der Waals surface area contributed by atoms with Gasteiger partial charge in [-0.1, -0.05) is 6.92 Å². The molecule has 0 aliphatic carbocycles. The molecule has 1 atom stereocenters. The molecule has 1 aromatic rings. The normalized spacial score (nSPS) is 12.5. The summed E-state index contributed by atoms with van der Waals surface area (Å²) in [4.78, 5) is 23.1. The van der Waals surface area contributed by atoms with Crippen LogP contribution in [0.25, 0.3) is 6.08 Å². The zero-order chi connectivity index (χ0) is 14.3. The molecule has 0 radical (unpaired) electrons. The number of carbonyl (C=O) groups is 2. The number of carbonyl (C=O) groups excluding carboxylic acids is 1. The molecule has 6 heteroatoms. The first-order chi connectivity index (χ1) is 9.06. The molecular formula is C13H17NO3S2. The minimum Gasteiger partial charge on any atom is -0.478 e. The highest BCUT2D eigenvalue weighted by Crippen LogP contribution is 2.16. The first-order valence-corrected chi connectivity index (χ1v) is 8.13. The van der Waals surface area contributed by atoms with Gasteiger partial charge in [-0.05, 0) is 24.8 Å². The standard InChI is InChI=1S/C13H17NO3S2/c1-3-10(8-18-2)14-13(17)9-6-11(19-7-9)4-5-12(15)16/h4-7,10H,3,8H2,1-2H3,(H,14,17)(H,15,16)/b5-4+. The van der Waals surface area contributed by atoms with Crippen molar-refractivity contribution >= 4 is 41.1 Å². The van der Waals surface area contributed by atoms with Gasteiger partial charge in [0.15, 0.2) is 0 Å². The van der Waals surface area contributed by atoms with Gasteiger partial charge in [-0.2, -0.15) is 11.8 Å². The Labute approximate surface area is 120 Å². The molecule has 1 aromatic heterocycles. The van der Waals surface area contributed by atoms with E-state index in [1.54, 1.807) is 23.2 Å². The highest BCUT2D eigenvalue weighted by atomic mass is 32.2. The van der Waals surface area contributed by atoms with Gasteiger partial charge >= 0.3 is 5.97 Å². The van der Waals surface area contributed by atoms with Gasteiger partial charge in [0, 0.05) is 28.1 Å². The lowest BCUT2D eigenvalue weighted by Crippen LogP contribution is -2.35. The molecular weight excluding hydrogens is 282 g/mol. The maximum Gasteiger partial charge on any atom is 0.328 e. The fraction of sp³-hybridized carbons (Fsp3) is 0.385. The Morgan fingerprint density at radius 3 is 2.89 bits per heavy atom. The minimum absolute atomic E-state index is 0.105. The molecule has 1 unspecified atom stereocenters. The first kappa shape index (κ1) is 15.8. The first-order valence-electron chi connectivity index (χ1n) is 5.86. The molecule has 4 nitrogen and oxygen atoms in total. The lowest BCUT2D eigenvalue weighted by molar-refractivity contribution is -0.131. The van der Waals surface area contributed by atoms with E-state index in [1.165, 1.54) is 17.4 Å². The van der Waals surface area contributed by atoms with E-state index in [9.17, 15) is 9.59 Å². The van der Waals surface area contributed by atoms with Gasteiger partial charge < -0.3 is 10.4 Å². The number of hydrogen-bond acceptors (Lipinski definition) is 4. The largest absolute Gasteiger partial charge is 0.478 e. The predicted molar refractivity (Wildman–Crippen MR) is 80.9 cm³/mol. The molecule has 0 saturated heterocycles. The van der Waals surface area contributed by atoms with Crippen LogP contribution < -0.4 is 5.32 Å². The Balaban J connectivity index is 2.65. The minimum atomic E-state index is -0.995. The number of amides is 1. The molecule has 1 rings (SSSR count). The van der Waals surface area contributed by atoms with Crippen LogP contribution in [0.15, 0.2) is 17.5 Å². The number of thiophene rings is 1. The number of hydrogen-bond donors (Lipinski definition) is 2. The molecule has 0 bridgehead atoms. The summed E-state index contributed by atoms with van der Waals surface area (Å²) in [5.74, 6) is -0.212. The average molecular weight is 299 g/mol. The van der Waals surface area contributed by atoms with Crippen molar-refractivity contribution in [3.8, 4) is 0 Å². The molecule has 1 heterocycles. The number of rotatable bonds is 7. The van der Waals surface area contributed by atoms with Crippen LogP contribution in [0.1, 0.15) is 28.6 Å². The maximum atomic E-state index is 12.0. The summed E-state index contributed by atoms with van der Waals surface area (Å²) in [6.07, 6.45) is 5.45. The van der Waals surface area contributed by atoms with Crippen molar-refractivity contribution < 1.29 is 14.7 Å². The molecule has 2 N–H and O–H groups in total. The summed E-state index contributed by atoms with van der Waals surface area (Å²) in [5, 5.41) is 13.2. The van der Waals surface area contributed by atoms with Crippen LogP contribution in [-0.4, -0.2) is 35.0 Å². The summed E-state index contributed by atoms with van der Waals surface area (Å²) < 4.78 is 0. The summed E-state index contributed by atoms with van der Waals surface area (Å²) in [5.41, 5.74) is 0.578. The van der Waals surface area contributed by atoms with Gasteiger partial charge in [-0.3, -0.25) is 4.79 Å². The van der Waals surface area contributed by atoms with Crippen LogP contribution in [0.4, 0.5) is 0 Å². The second-order valence-corrected chi connectivity index (χ2v) is 5.80. The van der Waals surface area contributed by atoms with Crippen molar-refractivity contribution in [2.75, 3.05) is 12.0 Å². The number of aliphatic carboxylic acids is 1. The SMILES string of the molecule is CCC(CSC)NC(=O)c1csc(/C=C/C(=O)O)c1. The van der Waals surface area contributed by atoms with E-state index in [2.05, 4.69) is 5.32 Å². The fourth-order valence-corrected chi connectivity index (χ4v) is 2.95. The zero-order valence-corrected chi connectivity index (χ0v) is 12.5. The van der Waals surface area contributed by atoms with Crippen LogP contribution in [0.2, 0.25) is 0 Å². The van der Waals surface area contributed by atoms with E-state index in [-0.39, 0.29) is 11.9 Å². The van der Waals surface area contributed by atoms with Crippen molar-refractivity contribution in [2.45, 2.75) is 19.4 Å². The molecule has 0 spiro atoms. The predicted octanol–water partition coefficient (Wildman–Crippen LogP) is 2.72. The van der Waals surface area contributed by atoms with E-state index in [1.807, 2.05) is 13.2 Å². The summed E-state index contributed by atoms with van der Waals surface area (Å²) in [6.45, 7) is 2.04. The molecule has 0 saturated carbocycles. The fourth-order valence-electron chi connectivity index (χ4n) is 1.44. The molecule has 0 fully saturated rings. The van der Waals surface area contributed by atoms with Gasteiger partial charge in [-0.15, -0.1) is 11.3 Å². The Morgan fingerprint density at radius 1 is 1.58 bits per heavy atom.